The van der Waals surface area contributed by atoms with Crippen molar-refractivity contribution in [3.8, 4) is 5.69 Å². The number of carbonyl (C=O) groups excluding carboxylic acids is 4. The van der Waals surface area contributed by atoms with Crippen LogP contribution in [-0.4, -0.2) is 83.5 Å². The van der Waals surface area contributed by atoms with Crippen LogP contribution in [0.3, 0.4) is 0 Å². The lowest BCUT2D eigenvalue weighted by Gasteiger charge is -2.28. The number of rotatable bonds is 9. The van der Waals surface area contributed by atoms with Gasteiger partial charge in [-0.1, -0.05) is 11.6 Å². The van der Waals surface area contributed by atoms with Crippen molar-refractivity contribution in [2.75, 3.05) is 18.4 Å². The predicted octanol–water partition coefficient (Wildman–Crippen LogP) is 3.83. The van der Waals surface area contributed by atoms with Gasteiger partial charge in [0.25, 0.3) is 0 Å². The summed E-state index contributed by atoms with van der Waals surface area (Å²) in [5.74, 6) is -3.14. The number of carbonyl (C=O) groups is 4. The first-order chi connectivity index (χ1) is 22.4. The Kier molecular flexibility index (Phi) is 9.94. The number of nitrogens with zero attached hydrogens (tertiary/aromatic N) is 6. The first-order valence-electron chi connectivity index (χ1n) is 14.9. The molecule has 0 spiro atoms. The van der Waals surface area contributed by atoms with E-state index in [0.717, 1.165) is 25.3 Å². The number of aromatic nitrogens is 6. The van der Waals surface area contributed by atoms with Crippen LogP contribution in [-0.2, 0) is 19.1 Å². The molecule has 0 radical (unpaired) electrons. The molecule has 47 heavy (non-hydrogen) atoms. The van der Waals surface area contributed by atoms with Gasteiger partial charge in [0, 0.05) is 30.4 Å². The van der Waals surface area contributed by atoms with E-state index in [0.29, 0.717) is 29.8 Å². The predicted molar refractivity (Wildman–Crippen MR) is 170 cm³/mol. The van der Waals surface area contributed by atoms with E-state index in [1.54, 1.807) is 43.9 Å². The second kappa shape index (κ2) is 14.1. The van der Waals surface area contributed by atoms with E-state index in [1.807, 2.05) is 0 Å². The molecule has 246 valence electrons. The maximum Gasteiger partial charge on any atom is 0.374 e. The molecule has 1 aliphatic heterocycles. The van der Waals surface area contributed by atoms with Crippen LogP contribution in [0.1, 0.15) is 62.6 Å². The highest BCUT2D eigenvalue weighted by atomic mass is 35.5. The molecule has 1 unspecified atom stereocenters. The second-order valence-electron chi connectivity index (χ2n) is 11.9. The number of ether oxygens (including phenoxy) is 1. The van der Waals surface area contributed by atoms with Crippen LogP contribution >= 0.6 is 11.6 Å². The highest BCUT2D eigenvalue weighted by molar-refractivity contribution is 6.31. The van der Waals surface area contributed by atoms with E-state index in [4.69, 9.17) is 16.3 Å². The smallest absolute Gasteiger partial charge is 0.374 e. The summed E-state index contributed by atoms with van der Waals surface area (Å²) < 4.78 is 21.6. The normalized spacial score (nSPS) is 14.3. The van der Waals surface area contributed by atoms with Gasteiger partial charge in [0.15, 0.2) is 5.82 Å². The molecule has 1 fully saturated rings. The number of benzene rings is 2. The fourth-order valence-corrected chi connectivity index (χ4v) is 5.13. The van der Waals surface area contributed by atoms with Crippen molar-refractivity contribution < 1.29 is 28.3 Å². The number of halogens is 2. The molecule has 2 aromatic carbocycles. The maximum atomic E-state index is 15.0. The fraction of sp³-hybridized carbons (Fsp3) is 0.355. The Morgan fingerprint density at radius 3 is 2.60 bits per heavy atom. The van der Waals surface area contributed by atoms with Gasteiger partial charge in [-0.2, -0.15) is 4.68 Å². The number of amides is 3. The number of hydrogen-bond acceptors (Lipinski definition) is 9. The summed E-state index contributed by atoms with van der Waals surface area (Å²) in [7, 11) is 0. The van der Waals surface area contributed by atoms with Gasteiger partial charge in [-0.15, -0.1) is 5.10 Å². The summed E-state index contributed by atoms with van der Waals surface area (Å²) in [5.41, 5.74) is 0.694. The molecule has 5 rings (SSSR count). The zero-order chi connectivity index (χ0) is 33.7. The number of hydrogen-bond donors (Lipinski definition) is 3. The highest BCUT2D eigenvalue weighted by Gasteiger charge is 2.27. The number of imidazole rings is 1. The molecule has 2 aromatic heterocycles. The molecular weight excluding hydrogens is 633 g/mol. The topological polar surface area (TPSA) is 177 Å². The molecule has 0 aliphatic carbocycles. The standard InChI is InChI=1S/C31H33ClFN9O5/c1-31(2,3)47-30(46)28-37-21-10-7-18(15-22(21)38-28)35-29(45)23(16-26(44)41-13-5-4-6-14-41)36-25(43)12-8-19-24(42-17-34-39-40-42)11-9-20(32)27(19)33/h7-12,15,17,23H,4-6,13-14,16H2,1-3H3,(H,35,45)(H,36,43)(H,37,38). The summed E-state index contributed by atoms with van der Waals surface area (Å²) in [6.45, 7) is 6.35. The van der Waals surface area contributed by atoms with Gasteiger partial charge in [-0.05, 0) is 86.9 Å². The van der Waals surface area contributed by atoms with Crippen molar-refractivity contribution in [3.63, 3.8) is 0 Å². The summed E-state index contributed by atoms with van der Waals surface area (Å²) in [4.78, 5) is 61.1. The number of aromatic amines is 1. The number of likely N-dealkylation sites (tertiary alicyclic amines) is 1. The van der Waals surface area contributed by atoms with Crippen molar-refractivity contribution >= 4 is 58.1 Å². The average Bonchev–Trinajstić information content (AvgIpc) is 3.71. The zero-order valence-electron chi connectivity index (χ0n) is 25.9. The minimum atomic E-state index is -1.28. The third kappa shape index (κ3) is 8.35. The summed E-state index contributed by atoms with van der Waals surface area (Å²) >= 11 is 5.98. The lowest BCUT2D eigenvalue weighted by atomic mass is 10.1. The lowest BCUT2D eigenvalue weighted by Crippen LogP contribution is -2.47. The molecule has 3 amide bonds. The van der Waals surface area contributed by atoms with Crippen LogP contribution in [0.2, 0.25) is 5.02 Å². The third-order valence-corrected chi connectivity index (χ3v) is 7.46. The minimum absolute atomic E-state index is 0.00170. The van der Waals surface area contributed by atoms with Gasteiger partial charge in [0.1, 0.15) is 18.0 Å². The molecule has 3 heterocycles. The van der Waals surface area contributed by atoms with Gasteiger partial charge in [-0.3, -0.25) is 14.4 Å². The minimum Gasteiger partial charge on any atom is -0.454 e. The summed E-state index contributed by atoms with van der Waals surface area (Å²) in [5, 5.41) is 16.0. The first-order valence-corrected chi connectivity index (χ1v) is 15.3. The molecule has 3 N–H and O–H groups in total. The van der Waals surface area contributed by atoms with E-state index in [1.165, 1.54) is 29.2 Å². The number of esters is 1. The Morgan fingerprint density at radius 1 is 1.13 bits per heavy atom. The van der Waals surface area contributed by atoms with Crippen LogP contribution < -0.4 is 10.6 Å². The quantitative estimate of drug-likeness (QED) is 0.177. The number of piperidine rings is 1. The Morgan fingerprint density at radius 2 is 1.89 bits per heavy atom. The highest BCUT2D eigenvalue weighted by Crippen LogP contribution is 2.25. The SMILES string of the molecule is CC(C)(C)OC(=O)c1nc2ccc(NC(=O)C(CC(=O)N3CCCCC3)NC(=O)C=Cc3c(-n4cnnn4)ccc(Cl)c3F)cc2[nH]1. The monoisotopic (exact) mass is 665 g/mol. The largest absolute Gasteiger partial charge is 0.454 e. The van der Waals surface area contributed by atoms with Gasteiger partial charge in [-0.25, -0.2) is 14.2 Å². The van der Waals surface area contributed by atoms with Gasteiger partial charge in [0.05, 0.1) is 28.2 Å². The first kappa shape index (κ1) is 33.2. The van der Waals surface area contributed by atoms with Crippen LogP contribution in [0.15, 0.2) is 42.7 Å². The lowest BCUT2D eigenvalue weighted by molar-refractivity contribution is -0.135. The molecule has 0 bridgehead atoms. The average molecular weight is 666 g/mol. The summed E-state index contributed by atoms with van der Waals surface area (Å²) in [6.07, 6.45) is 5.87. The molecule has 14 nitrogen and oxygen atoms in total. The van der Waals surface area contributed by atoms with Crippen LogP contribution in [0.25, 0.3) is 22.8 Å². The van der Waals surface area contributed by atoms with E-state index in [-0.39, 0.29) is 34.4 Å². The number of tetrazole rings is 1. The Bertz CT molecular complexity index is 1830. The number of nitrogens with one attached hydrogen (secondary N) is 3. The van der Waals surface area contributed by atoms with Crippen molar-refractivity contribution in [1.29, 1.82) is 0 Å². The molecule has 0 saturated carbocycles. The van der Waals surface area contributed by atoms with E-state index in [2.05, 4.69) is 36.1 Å². The van der Waals surface area contributed by atoms with E-state index >= 15 is 4.39 Å². The van der Waals surface area contributed by atoms with E-state index in [9.17, 15) is 19.2 Å². The molecule has 1 saturated heterocycles. The van der Waals surface area contributed by atoms with Crippen molar-refractivity contribution in [2.45, 2.75) is 58.1 Å². The number of fused-ring (bicyclic) bond motifs is 1. The molecule has 4 aromatic rings. The van der Waals surface area contributed by atoms with Crippen LogP contribution in [0, 0.1) is 5.82 Å². The maximum absolute atomic E-state index is 15.0. The number of anilines is 1. The second-order valence-corrected chi connectivity index (χ2v) is 12.3. The Hall–Kier alpha value is -5.18. The number of H-pyrrole nitrogens is 1. The summed E-state index contributed by atoms with van der Waals surface area (Å²) in [6, 6.07) is 6.29. The fourth-order valence-electron chi connectivity index (χ4n) is 4.96. The van der Waals surface area contributed by atoms with Crippen molar-refractivity contribution in [3.05, 3.63) is 65.0 Å². The third-order valence-electron chi connectivity index (χ3n) is 7.17. The van der Waals surface area contributed by atoms with Gasteiger partial charge >= 0.3 is 5.97 Å². The Labute approximate surface area is 273 Å². The van der Waals surface area contributed by atoms with E-state index < -0.39 is 35.2 Å². The molecule has 1 aliphatic rings. The van der Waals surface area contributed by atoms with Crippen LogP contribution in [0.5, 0.6) is 0 Å². The molecular formula is C31H33ClFN9O5. The van der Waals surface area contributed by atoms with Gasteiger partial charge in [0.2, 0.25) is 23.5 Å². The van der Waals surface area contributed by atoms with Crippen molar-refractivity contribution in [1.82, 2.24) is 40.4 Å². The van der Waals surface area contributed by atoms with Crippen molar-refractivity contribution in [2.24, 2.45) is 0 Å². The molecule has 16 heteroatoms. The van der Waals surface area contributed by atoms with Crippen LogP contribution in [0.4, 0.5) is 10.1 Å². The molecule has 1 atom stereocenters. The zero-order valence-corrected chi connectivity index (χ0v) is 26.7. The van der Waals surface area contributed by atoms with Gasteiger partial charge < -0.3 is 25.3 Å². The Balaban J connectivity index is 1.35.